The Balaban J connectivity index is 1.58. The Kier molecular flexibility index (Phi) is 5.63. The molecule has 2 heterocycles. The van der Waals surface area contributed by atoms with Crippen LogP contribution in [-0.4, -0.2) is 53.0 Å². The van der Waals surface area contributed by atoms with Crippen molar-refractivity contribution in [3.8, 4) is 0 Å². The smallest absolute Gasteiger partial charge is 0.238 e. The van der Waals surface area contributed by atoms with E-state index in [1.807, 2.05) is 30.3 Å². The lowest BCUT2D eigenvalue weighted by Crippen LogP contribution is -2.38. The molecular formula is C19H25N5O2S. The van der Waals surface area contributed by atoms with Gasteiger partial charge in [0.2, 0.25) is 11.9 Å². The van der Waals surface area contributed by atoms with Crippen LogP contribution >= 0.6 is 11.8 Å². The highest BCUT2D eigenvalue weighted by atomic mass is 32.2. The Morgan fingerprint density at radius 1 is 1.26 bits per heavy atom. The molecule has 4 rings (SSSR count). The van der Waals surface area contributed by atoms with Crippen LogP contribution in [0.2, 0.25) is 0 Å². The fourth-order valence-electron chi connectivity index (χ4n) is 3.15. The van der Waals surface area contributed by atoms with Crippen LogP contribution in [0.15, 0.2) is 35.5 Å². The third kappa shape index (κ3) is 4.27. The molecule has 1 amide bonds. The van der Waals surface area contributed by atoms with Gasteiger partial charge in [-0.1, -0.05) is 42.1 Å². The molecule has 27 heavy (non-hydrogen) atoms. The zero-order valence-electron chi connectivity index (χ0n) is 15.5. The van der Waals surface area contributed by atoms with Crippen molar-refractivity contribution in [1.82, 2.24) is 20.1 Å². The molecule has 1 atom stereocenters. The van der Waals surface area contributed by atoms with E-state index in [-0.39, 0.29) is 11.2 Å². The first-order valence-electron chi connectivity index (χ1n) is 9.54. The molecule has 1 aliphatic carbocycles. The Hall–Kier alpha value is -2.06. The Morgan fingerprint density at radius 3 is 2.67 bits per heavy atom. The minimum absolute atomic E-state index is 0.0484. The zero-order valence-corrected chi connectivity index (χ0v) is 16.3. The van der Waals surface area contributed by atoms with Crippen molar-refractivity contribution in [2.24, 2.45) is 0 Å². The molecule has 1 aromatic carbocycles. The zero-order chi connectivity index (χ0) is 18.6. The quantitative estimate of drug-likeness (QED) is 0.735. The van der Waals surface area contributed by atoms with Crippen molar-refractivity contribution in [2.75, 3.05) is 31.2 Å². The number of rotatable bonds is 7. The average molecular weight is 388 g/mol. The van der Waals surface area contributed by atoms with E-state index >= 15 is 0 Å². The van der Waals surface area contributed by atoms with E-state index in [9.17, 15) is 4.79 Å². The second kappa shape index (κ2) is 8.31. The minimum Gasteiger partial charge on any atom is -0.378 e. The van der Waals surface area contributed by atoms with E-state index < -0.39 is 0 Å². The predicted octanol–water partition coefficient (Wildman–Crippen LogP) is 2.25. The van der Waals surface area contributed by atoms with Gasteiger partial charge in [0.25, 0.3) is 0 Å². The number of carbonyl (C=O) groups is 1. The number of morpholine rings is 1. The van der Waals surface area contributed by atoms with E-state index in [0.717, 1.165) is 49.1 Å². The molecule has 1 saturated heterocycles. The van der Waals surface area contributed by atoms with Crippen molar-refractivity contribution < 1.29 is 9.53 Å². The predicted molar refractivity (Wildman–Crippen MR) is 105 cm³/mol. The van der Waals surface area contributed by atoms with Crippen molar-refractivity contribution >= 4 is 23.6 Å². The van der Waals surface area contributed by atoms with Crippen LogP contribution in [0.4, 0.5) is 5.95 Å². The van der Waals surface area contributed by atoms with Crippen molar-refractivity contribution in [3.05, 3.63) is 35.9 Å². The first-order valence-corrected chi connectivity index (χ1v) is 10.4. The summed E-state index contributed by atoms with van der Waals surface area (Å²) < 4.78 is 7.53. The van der Waals surface area contributed by atoms with Gasteiger partial charge in [-0.05, 0) is 25.3 Å². The second-order valence-corrected chi connectivity index (χ2v) is 7.89. The van der Waals surface area contributed by atoms with Gasteiger partial charge in [0.1, 0.15) is 5.25 Å². The molecule has 1 aromatic heterocycles. The van der Waals surface area contributed by atoms with Crippen molar-refractivity contribution in [2.45, 2.75) is 42.8 Å². The molecule has 2 aliphatic rings. The molecule has 0 unspecified atom stereocenters. The van der Waals surface area contributed by atoms with E-state index in [2.05, 4.69) is 31.9 Å². The Labute approximate surface area is 163 Å². The average Bonchev–Trinajstić information content (AvgIpc) is 3.43. The fourth-order valence-corrected chi connectivity index (χ4v) is 4.26. The fraction of sp³-hybridized carbons (Fsp3) is 0.526. The van der Waals surface area contributed by atoms with Crippen LogP contribution in [-0.2, 0) is 16.1 Å². The molecule has 2 aromatic rings. The lowest BCUT2D eigenvalue weighted by atomic mass is 10.1. The molecule has 1 N–H and O–H groups in total. The first-order chi connectivity index (χ1) is 13.3. The summed E-state index contributed by atoms with van der Waals surface area (Å²) in [5, 5.41) is 12.4. The summed E-state index contributed by atoms with van der Waals surface area (Å²) in [4.78, 5) is 15.1. The number of ether oxygens (including phenoxy) is 1. The molecule has 1 saturated carbocycles. The Bertz CT molecular complexity index is 772. The topological polar surface area (TPSA) is 72.3 Å². The molecule has 0 spiro atoms. The number of nitrogens with zero attached hydrogens (tertiary/aromatic N) is 4. The highest BCUT2D eigenvalue weighted by Gasteiger charge is 2.31. The SMILES string of the molecule is CCn1c(S[C@@H](C(=O)NC2CC2)c2ccccc2)nnc1N1CCOCC1. The van der Waals surface area contributed by atoms with Gasteiger partial charge >= 0.3 is 0 Å². The van der Waals surface area contributed by atoms with Crippen molar-refractivity contribution in [1.29, 1.82) is 0 Å². The van der Waals surface area contributed by atoms with Gasteiger partial charge in [-0.3, -0.25) is 9.36 Å². The summed E-state index contributed by atoms with van der Waals surface area (Å²) in [6.07, 6.45) is 2.15. The summed E-state index contributed by atoms with van der Waals surface area (Å²) in [5.74, 6) is 0.907. The summed E-state index contributed by atoms with van der Waals surface area (Å²) in [7, 11) is 0. The normalized spacial score (nSPS) is 18.3. The highest BCUT2D eigenvalue weighted by molar-refractivity contribution is 8.00. The lowest BCUT2D eigenvalue weighted by molar-refractivity contribution is -0.120. The maximum atomic E-state index is 12.9. The molecule has 0 bridgehead atoms. The number of amides is 1. The third-order valence-electron chi connectivity index (χ3n) is 4.79. The van der Waals surface area contributed by atoms with Gasteiger partial charge in [0, 0.05) is 25.7 Å². The largest absolute Gasteiger partial charge is 0.378 e. The van der Waals surface area contributed by atoms with Crippen LogP contribution in [0.1, 0.15) is 30.6 Å². The first kappa shape index (κ1) is 18.3. The summed E-state index contributed by atoms with van der Waals surface area (Å²) in [6, 6.07) is 10.2. The number of anilines is 1. The molecular weight excluding hydrogens is 362 g/mol. The van der Waals surface area contributed by atoms with Crippen LogP contribution in [0.25, 0.3) is 0 Å². The van der Waals surface area contributed by atoms with Gasteiger partial charge in [0.05, 0.1) is 13.2 Å². The Morgan fingerprint density at radius 2 is 2.00 bits per heavy atom. The number of hydrogen-bond donors (Lipinski definition) is 1. The van der Waals surface area contributed by atoms with Crippen LogP contribution in [0.5, 0.6) is 0 Å². The number of carbonyl (C=O) groups excluding carboxylic acids is 1. The summed E-state index contributed by atoms with van der Waals surface area (Å²) in [6.45, 7) is 5.87. The molecule has 2 fully saturated rings. The standard InChI is InChI=1S/C19H25N5O2S/c1-2-24-18(23-10-12-26-13-11-23)21-22-19(24)27-16(14-6-4-3-5-7-14)17(25)20-15-8-9-15/h3-7,15-16H,2,8-13H2,1H3,(H,20,25)/t16-/m1/s1. The monoisotopic (exact) mass is 387 g/mol. The third-order valence-corrected chi connectivity index (χ3v) is 6.03. The minimum atomic E-state index is -0.334. The highest BCUT2D eigenvalue weighted by Crippen LogP contribution is 2.36. The van der Waals surface area contributed by atoms with Crippen LogP contribution in [0.3, 0.4) is 0 Å². The van der Waals surface area contributed by atoms with Gasteiger partial charge in [-0.25, -0.2) is 0 Å². The molecule has 0 radical (unpaired) electrons. The van der Waals surface area contributed by atoms with Gasteiger partial charge in [-0.2, -0.15) is 0 Å². The number of nitrogens with one attached hydrogen (secondary N) is 1. The molecule has 8 heteroatoms. The number of benzene rings is 1. The van der Waals surface area contributed by atoms with E-state index in [0.29, 0.717) is 19.3 Å². The molecule has 7 nitrogen and oxygen atoms in total. The van der Waals surface area contributed by atoms with Gasteiger partial charge < -0.3 is 15.0 Å². The van der Waals surface area contributed by atoms with Crippen LogP contribution in [0, 0.1) is 0 Å². The maximum absolute atomic E-state index is 12.9. The number of hydrogen-bond acceptors (Lipinski definition) is 6. The molecule has 1 aliphatic heterocycles. The number of thioether (sulfide) groups is 1. The maximum Gasteiger partial charge on any atom is 0.238 e. The lowest BCUT2D eigenvalue weighted by Gasteiger charge is -2.27. The number of aromatic nitrogens is 3. The van der Waals surface area contributed by atoms with E-state index in [1.54, 1.807) is 0 Å². The van der Waals surface area contributed by atoms with E-state index in [4.69, 9.17) is 4.74 Å². The van der Waals surface area contributed by atoms with Gasteiger partial charge in [0.15, 0.2) is 5.16 Å². The molecule has 144 valence electrons. The van der Waals surface area contributed by atoms with E-state index in [1.165, 1.54) is 11.8 Å². The summed E-state index contributed by atoms with van der Waals surface area (Å²) >= 11 is 1.48. The van der Waals surface area contributed by atoms with Crippen molar-refractivity contribution in [3.63, 3.8) is 0 Å². The summed E-state index contributed by atoms with van der Waals surface area (Å²) in [5.41, 5.74) is 0.985. The van der Waals surface area contributed by atoms with Gasteiger partial charge in [-0.15, -0.1) is 10.2 Å². The second-order valence-electron chi connectivity index (χ2n) is 6.82. The van der Waals surface area contributed by atoms with Crippen LogP contribution < -0.4 is 10.2 Å².